The topological polar surface area (TPSA) is 3.24 Å². The SMILES string of the molecule is C=C1CCCCCCCN(CCC)CCCCCCCC(=C)CCC(CC/C=C\CCCC)CC(/C=C\CCCC)C(CCCCCCC)CCC1. The van der Waals surface area contributed by atoms with Crippen LogP contribution in [0, 0.1) is 17.8 Å². The molecule has 0 radical (unpaired) electrons. The summed E-state index contributed by atoms with van der Waals surface area (Å²) in [7, 11) is 0. The molecule has 1 rings (SSSR count). The first kappa shape index (κ1) is 48.9. The van der Waals surface area contributed by atoms with E-state index in [1.807, 2.05) is 0 Å². The maximum Gasteiger partial charge on any atom is -0.00187 e. The van der Waals surface area contributed by atoms with Crippen LogP contribution in [0.4, 0.5) is 0 Å². The van der Waals surface area contributed by atoms with Crippen LogP contribution in [0.1, 0.15) is 240 Å². The third-order valence-electron chi connectivity index (χ3n) is 12.2. The fourth-order valence-electron chi connectivity index (χ4n) is 8.66. The highest BCUT2D eigenvalue weighted by molar-refractivity contribution is 4.98. The van der Waals surface area contributed by atoms with Crippen molar-refractivity contribution in [3.05, 3.63) is 48.6 Å². The van der Waals surface area contributed by atoms with Crippen molar-refractivity contribution >= 4 is 0 Å². The fraction of sp³-hybridized carbons (Fsp3) is 0.843. The molecule has 1 fully saturated rings. The van der Waals surface area contributed by atoms with Crippen molar-refractivity contribution in [2.75, 3.05) is 19.6 Å². The molecule has 0 spiro atoms. The number of hydrogen-bond donors (Lipinski definition) is 0. The van der Waals surface area contributed by atoms with E-state index >= 15 is 0 Å². The molecule has 0 N–H and O–H groups in total. The Labute approximate surface area is 329 Å². The van der Waals surface area contributed by atoms with Crippen molar-refractivity contribution in [2.45, 2.75) is 240 Å². The Morgan fingerprint density at radius 2 is 1.08 bits per heavy atom. The summed E-state index contributed by atoms with van der Waals surface area (Å²) in [6.45, 7) is 22.5. The molecule has 0 aromatic carbocycles. The van der Waals surface area contributed by atoms with Crippen LogP contribution < -0.4 is 0 Å². The largest absolute Gasteiger partial charge is 0.303 e. The van der Waals surface area contributed by atoms with Gasteiger partial charge in [0.15, 0.2) is 0 Å². The van der Waals surface area contributed by atoms with Crippen molar-refractivity contribution in [3.63, 3.8) is 0 Å². The van der Waals surface area contributed by atoms with Gasteiger partial charge >= 0.3 is 0 Å². The molecular weight excluding hydrogens is 627 g/mol. The first-order valence-corrected chi connectivity index (χ1v) is 23.9. The summed E-state index contributed by atoms with van der Waals surface area (Å²) >= 11 is 0. The van der Waals surface area contributed by atoms with E-state index in [0.717, 1.165) is 17.8 Å². The summed E-state index contributed by atoms with van der Waals surface area (Å²) in [5.41, 5.74) is 3.05. The van der Waals surface area contributed by atoms with Crippen LogP contribution in [0.5, 0.6) is 0 Å². The summed E-state index contributed by atoms with van der Waals surface area (Å²) in [4.78, 5) is 2.76. The Balaban J connectivity index is 3.10. The molecule has 3 atom stereocenters. The maximum atomic E-state index is 4.65. The highest BCUT2D eigenvalue weighted by Crippen LogP contribution is 2.35. The van der Waals surface area contributed by atoms with E-state index in [1.165, 1.54) is 243 Å². The number of unbranched alkanes of at least 4 members (excludes halogenated alkanes) is 8. The predicted molar refractivity (Wildman–Crippen MR) is 239 cm³/mol. The second-order valence-corrected chi connectivity index (χ2v) is 17.3. The molecule has 1 aliphatic heterocycles. The lowest BCUT2D eigenvalue weighted by Gasteiger charge is -2.29. The van der Waals surface area contributed by atoms with Crippen molar-refractivity contribution < 1.29 is 0 Å². The lowest BCUT2D eigenvalue weighted by Crippen LogP contribution is -2.27. The summed E-state index contributed by atoms with van der Waals surface area (Å²) in [5, 5.41) is 0. The molecule has 0 aliphatic carbocycles. The van der Waals surface area contributed by atoms with Gasteiger partial charge in [-0.1, -0.05) is 173 Å². The number of rotatable bonds is 18. The highest BCUT2D eigenvalue weighted by Gasteiger charge is 2.23. The molecule has 3 unspecified atom stereocenters. The average Bonchev–Trinajstić information content (AvgIpc) is 3.14. The molecule has 1 nitrogen and oxygen atoms in total. The third kappa shape index (κ3) is 29.3. The maximum absolute atomic E-state index is 4.65. The van der Waals surface area contributed by atoms with Gasteiger partial charge in [0, 0.05) is 0 Å². The van der Waals surface area contributed by atoms with E-state index in [2.05, 4.69) is 70.1 Å². The highest BCUT2D eigenvalue weighted by atomic mass is 15.1. The van der Waals surface area contributed by atoms with Crippen LogP contribution in [0.3, 0.4) is 0 Å². The van der Waals surface area contributed by atoms with Crippen LogP contribution >= 0.6 is 0 Å². The van der Waals surface area contributed by atoms with Gasteiger partial charge in [-0.3, -0.25) is 0 Å². The van der Waals surface area contributed by atoms with Gasteiger partial charge in [-0.2, -0.15) is 0 Å². The molecule has 0 amide bonds. The van der Waals surface area contributed by atoms with Gasteiger partial charge in [0.1, 0.15) is 0 Å². The summed E-state index contributed by atoms with van der Waals surface area (Å²) in [6.07, 6.45) is 54.7. The molecule has 1 heterocycles. The van der Waals surface area contributed by atoms with Crippen LogP contribution in [0.25, 0.3) is 0 Å². The van der Waals surface area contributed by atoms with Gasteiger partial charge in [0.05, 0.1) is 0 Å². The van der Waals surface area contributed by atoms with Crippen molar-refractivity contribution in [3.8, 4) is 0 Å². The van der Waals surface area contributed by atoms with E-state index in [-0.39, 0.29) is 0 Å². The second kappa shape index (κ2) is 36.9. The Morgan fingerprint density at radius 1 is 0.519 bits per heavy atom. The zero-order valence-corrected chi connectivity index (χ0v) is 36.4. The summed E-state index contributed by atoms with van der Waals surface area (Å²) in [6, 6.07) is 0. The zero-order valence-electron chi connectivity index (χ0n) is 36.4. The molecule has 1 heteroatoms. The lowest BCUT2D eigenvalue weighted by molar-refractivity contribution is 0.260. The molecule has 0 aromatic heterocycles. The first-order valence-electron chi connectivity index (χ1n) is 23.9. The molecule has 1 saturated heterocycles. The fourth-order valence-corrected chi connectivity index (χ4v) is 8.66. The van der Waals surface area contributed by atoms with Gasteiger partial charge in [0.2, 0.25) is 0 Å². The van der Waals surface area contributed by atoms with E-state index in [0.29, 0.717) is 0 Å². The van der Waals surface area contributed by atoms with Gasteiger partial charge in [-0.25, -0.2) is 0 Å². The minimum Gasteiger partial charge on any atom is -0.303 e. The Bertz CT molecular complexity index is 849. The quantitative estimate of drug-likeness (QED) is 0.101. The molecule has 0 aromatic rings. The number of nitrogens with zero attached hydrogens (tertiary/aromatic N) is 1. The minimum atomic E-state index is 0.727. The Morgan fingerprint density at radius 3 is 1.73 bits per heavy atom. The molecule has 304 valence electrons. The van der Waals surface area contributed by atoms with E-state index in [4.69, 9.17) is 0 Å². The van der Waals surface area contributed by atoms with Crippen molar-refractivity contribution in [2.24, 2.45) is 17.8 Å². The van der Waals surface area contributed by atoms with E-state index in [1.54, 1.807) is 0 Å². The summed E-state index contributed by atoms with van der Waals surface area (Å²) in [5.74, 6) is 2.35. The molecule has 0 bridgehead atoms. The minimum absolute atomic E-state index is 0.727. The number of allylic oxidation sites excluding steroid dienone is 6. The average molecular weight is 722 g/mol. The second-order valence-electron chi connectivity index (χ2n) is 17.3. The first-order chi connectivity index (χ1) is 25.5. The van der Waals surface area contributed by atoms with Crippen LogP contribution in [-0.2, 0) is 0 Å². The monoisotopic (exact) mass is 722 g/mol. The molecule has 1 aliphatic rings. The molecule has 0 saturated carbocycles. The van der Waals surface area contributed by atoms with Gasteiger partial charge in [-0.15, -0.1) is 0 Å². The van der Waals surface area contributed by atoms with Gasteiger partial charge < -0.3 is 4.90 Å². The standard InChI is InChI=1S/C51H95N/c1-7-11-14-17-23-28-37-49-42-41-48(6)35-27-22-19-25-32-45-52(43-10-4)44-31-24-18-21-26-34-47(5)36-33-40-50(38-30-20-15-12-8-2)51(46-49)39-29-16-13-9-3/h17,23,29,39,49-51H,5-16,18-22,24-28,30-38,40-46H2,1-4H3/b23-17-,39-29-. The van der Waals surface area contributed by atoms with E-state index in [9.17, 15) is 0 Å². The molecular formula is C51H95N. The van der Waals surface area contributed by atoms with Gasteiger partial charge in [0.25, 0.3) is 0 Å². The Kier molecular flexibility index (Phi) is 34.7. The Hall–Kier alpha value is -1.08. The predicted octanol–water partition coefficient (Wildman–Crippen LogP) is 17.3. The normalized spacial score (nSPS) is 23.1. The van der Waals surface area contributed by atoms with Crippen molar-refractivity contribution in [1.29, 1.82) is 0 Å². The van der Waals surface area contributed by atoms with Crippen LogP contribution in [0.15, 0.2) is 48.6 Å². The van der Waals surface area contributed by atoms with E-state index < -0.39 is 0 Å². The van der Waals surface area contributed by atoms with Gasteiger partial charge in [-0.05, 0) is 153 Å². The smallest absolute Gasteiger partial charge is 0.00187 e. The van der Waals surface area contributed by atoms with Crippen molar-refractivity contribution in [1.82, 2.24) is 4.90 Å². The summed E-state index contributed by atoms with van der Waals surface area (Å²) < 4.78 is 0. The third-order valence-corrected chi connectivity index (χ3v) is 12.2. The molecule has 52 heavy (non-hydrogen) atoms. The van der Waals surface area contributed by atoms with Crippen LogP contribution in [0.2, 0.25) is 0 Å². The zero-order chi connectivity index (χ0) is 37.7. The number of hydrogen-bond acceptors (Lipinski definition) is 1. The van der Waals surface area contributed by atoms with Crippen LogP contribution in [-0.4, -0.2) is 24.5 Å². The lowest BCUT2D eigenvalue weighted by atomic mass is 9.76.